The zero-order valence-electron chi connectivity index (χ0n) is 8.51. The normalized spacial score (nSPS) is 12.8. The quantitative estimate of drug-likeness (QED) is 0.644. The van der Waals surface area contributed by atoms with Gasteiger partial charge in [-0.15, -0.1) is 0 Å². The molecule has 1 heterocycles. The molecule has 4 N–H and O–H groups in total. The first-order valence-corrected chi connectivity index (χ1v) is 4.95. The number of aromatic amines is 1. The van der Waals surface area contributed by atoms with E-state index in [1.54, 1.807) is 6.20 Å². The van der Waals surface area contributed by atoms with Gasteiger partial charge in [0.2, 0.25) is 0 Å². The standard InChI is InChI=1S/C11H12N2O3/c14-11(15)10(13-16)5-7-6-12-9-4-2-1-3-8(7)9/h1-4,6,10,12H,5,13H2,(H,14,15)/t10-/m0/s1. The highest BCUT2D eigenvalue weighted by molar-refractivity contribution is 5.84. The van der Waals surface area contributed by atoms with Crippen molar-refractivity contribution in [2.75, 3.05) is 0 Å². The Hall–Kier alpha value is -1.85. The maximum absolute atomic E-state index is 10.8. The molecule has 0 spiro atoms. The number of para-hydroxylation sites is 1. The zero-order valence-corrected chi connectivity index (χ0v) is 8.51. The van der Waals surface area contributed by atoms with Gasteiger partial charge in [0.25, 0.3) is 0 Å². The van der Waals surface area contributed by atoms with Crippen LogP contribution in [0, 0.1) is 5.21 Å². The van der Waals surface area contributed by atoms with Crippen LogP contribution in [0.4, 0.5) is 0 Å². The van der Waals surface area contributed by atoms with Crippen LogP contribution < -0.4 is 5.48 Å². The van der Waals surface area contributed by atoms with Crippen LogP contribution in [0.15, 0.2) is 30.5 Å². The Labute approximate surface area is 91.7 Å². The minimum absolute atomic E-state index is 0.225. The maximum atomic E-state index is 10.8. The fourth-order valence-corrected chi connectivity index (χ4v) is 1.73. The van der Waals surface area contributed by atoms with Gasteiger partial charge in [-0.3, -0.25) is 0 Å². The Morgan fingerprint density at radius 2 is 2.25 bits per heavy atom. The number of aromatic nitrogens is 1. The van der Waals surface area contributed by atoms with Crippen molar-refractivity contribution in [2.45, 2.75) is 12.5 Å². The molecule has 1 aromatic heterocycles. The third-order valence-corrected chi connectivity index (χ3v) is 2.60. The average molecular weight is 220 g/mol. The first-order valence-electron chi connectivity index (χ1n) is 4.95. The van der Waals surface area contributed by atoms with Crippen LogP contribution in [0.1, 0.15) is 5.56 Å². The summed E-state index contributed by atoms with van der Waals surface area (Å²) in [5.74, 6) is -1.08. The van der Waals surface area contributed by atoms with Crippen molar-refractivity contribution >= 4 is 16.9 Å². The molecule has 16 heavy (non-hydrogen) atoms. The summed E-state index contributed by atoms with van der Waals surface area (Å²) >= 11 is 0. The number of rotatable bonds is 4. The summed E-state index contributed by atoms with van der Waals surface area (Å²) in [6.45, 7) is 0. The Bertz CT molecular complexity index is 507. The van der Waals surface area contributed by atoms with Crippen LogP contribution in [0.5, 0.6) is 0 Å². The van der Waals surface area contributed by atoms with Crippen LogP contribution in [0.3, 0.4) is 0 Å². The topological polar surface area (TPSA) is 92.8 Å². The molecule has 5 heteroatoms. The van der Waals surface area contributed by atoms with Gasteiger partial charge in [-0.25, -0.2) is 4.79 Å². The Kier molecular flexibility index (Phi) is 2.89. The number of hydrogen-bond acceptors (Lipinski definition) is 2. The first kappa shape index (κ1) is 10.7. The number of carboxylic acids is 1. The summed E-state index contributed by atoms with van der Waals surface area (Å²) in [4.78, 5) is 13.8. The van der Waals surface area contributed by atoms with E-state index in [9.17, 15) is 10.0 Å². The summed E-state index contributed by atoms with van der Waals surface area (Å²) in [5, 5.41) is 20.4. The fourth-order valence-electron chi connectivity index (χ4n) is 1.73. The van der Waals surface area contributed by atoms with Gasteiger partial charge in [0.1, 0.15) is 0 Å². The molecule has 1 aromatic carbocycles. The predicted octanol–water partition coefficient (Wildman–Crippen LogP) is 0.225. The summed E-state index contributed by atoms with van der Waals surface area (Å²) in [7, 11) is 0. The van der Waals surface area contributed by atoms with Gasteiger partial charge in [-0.2, -0.15) is 0 Å². The third kappa shape index (κ3) is 1.91. The lowest BCUT2D eigenvalue weighted by molar-refractivity contribution is -0.614. The van der Waals surface area contributed by atoms with E-state index in [1.165, 1.54) is 0 Å². The number of fused-ring (bicyclic) bond motifs is 1. The SMILES string of the molecule is O=C(O)[C@H](Cc1c[nH]c2ccccc12)[NH2+][O-]. The lowest BCUT2D eigenvalue weighted by Gasteiger charge is -2.11. The number of hydrogen-bond donors (Lipinski definition) is 3. The van der Waals surface area contributed by atoms with Crippen molar-refractivity contribution < 1.29 is 15.4 Å². The molecule has 0 unspecified atom stereocenters. The summed E-state index contributed by atoms with van der Waals surface area (Å²) < 4.78 is 0. The van der Waals surface area contributed by atoms with Gasteiger partial charge in [-0.1, -0.05) is 18.2 Å². The average Bonchev–Trinajstić information content (AvgIpc) is 2.69. The number of quaternary nitrogens is 1. The molecule has 0 aliphatic carbocycles. The molecule has 0 bridgehead atoms. The second-order valence-corrected chi connectivity index (χ2v) is 3.64. The van der Waals surface area contributed by atoms with Gasteiger partial charge in [-0.05, 0) is 11.6 Å². The van der Waals surface area contributed by atoms with Crippen molar-refractivity contribution in [3.63, 3.8) is 0 Å². The van der Waals surface area contributed by atoms with Gasteiger partial charge < -0.3 is 20.8 Å². The first-order chi connectivity index (χ1) is 7.72. The Morgan fingerprint density at radius 3 is 2.94 bits per heavy atom. The van der Waals surface area contributed by atoms with Gasteiger partial charge >= 0.3 is 5.97 Å². The summed E-state index contributed by atoms with van der Waals surface area (Å²) in [5.41, 5.74) is 2.28. The minimum Gasteiger partial charge on any atom is -0.635 e. The molecule has 0 radical (unpaired) electrons. The maximum Gasteiger partial charge on any atom is 0.363 e. The van der Waals surface area contributed by atoms with Crippen LogP contribution in [-0.2, 0) is 11.2 Å². The van der Waals surface area contributed by atoms with E-state index in [2.05, 4.69) is 4.98 Å². The largest absolute Gasteiger partial charge is 0.635 e. The van der Waals surface area contributed by atoms with Gasteiger partial charge in [0.15, 0.2) is 6.04 Å². The highest BCUT2D eigenvalue weighted by Gasteiger charge is 2.19. The second-order valence-electron chi connectivity index (χ2n) is 3.64. The molecule has 84 valence electrons. The number of nitrogens with two attached hydrogens (primary N) is 1. The second kappa shape index (κ2) is 4.34. The van der Waals surface area contributed by atoms with Crippen molar-refractivity contribution in [1.82, 2.24) is 4.98 Å². The van der Waals surface area contributed by atoms with Crippen molar-refractivity contribution in [2.24, 2.45) is 0 Å². The molecular weight excluding hydrogens is 208 g/mol. The molecule has 0 saturated carbocycles. The Morgan fingerprint density at radius 1 is 1.50 bits per heavy atom. The van der Waals surface area contributed by atoms with E-state index < -0.39 is 12.0 Å². The highest BCUT2D eigenvalue weighted by atomic mass is 16.5. The lowest BCUT2D eigenvalue weighted by Crippen LogP contribution is -2.87. The van der Waals surface area contributed by atoms with E-state index in [0.29, 0.717) is 5.48 Å². The zero-order chi connectivity index (χ0) is 11.5. The van der Waals surface area contributed by atoms with Crippen LogP contribution in [0.2, 0.25) is 0 Å². The summed E-state index contributed by atoms with van der Waals surface area (Å²) in [6, 6.07) is 6.63. The number of aliphatic carboxylic acids is 1. The molecule has 5 nitrogen and oxygen atoms in total. The van der Waals surface area contributed by atoms with Crippen LogP contribution in [-0.4, -0.2) is 22.1 Å². The lowest BCUT2D eigenvalue weighted by atomic mass is 10.1. The van der Waals surface area contributed by atoms with Crippen molar-refractivity contribution in [3.8, 4) is 0 Å². The Balaban J connectivity index is 2.30. The van der Waals surface area contributed by atoms with E-state index >= 15 is 0 Å². The number of H-pyrrole nitrogens is 1. The van der Waals surface area contributed by atoms with E-state index in [0.717, 1.165) is 16.5 Å². The third-order valence-electron chi connectivity index (χ3n) is 2.60. The summed E-state index contributed by atoms with van der Waals surface area (Å²) in [6.07, 6.45) is 1.98. The fraction of sp³-hybridized carbons (Fsp3) is 0.182. The molecule has 2 rings (SSSR count). The molecule has 0 aliphatic heterocycles. The van der Waals surface area contributed by atoms with Gasteiger partial charge in [0, 0.05) is 23.5 Å². The molecule has 0 saturated heterocycles. The van der Waals surface area contributed by atoms with Crippen molar-refractivity contribution in [3.05, 3.63) is 41.2 Å². The van der Waals surface area contributed by atoms with Crippen LogP contribution in [0.25, 0.3) is 10.9 Å². The molecule has 1 atom stereocenters. The van der Waals surface area contributed by atoms with E-state index in [1.807, 2.05) is 24.3 Å². The number of hydroxylamine groups is 1. The van der Waals surface area contributed by atoms with Crippen LogP contribution >= 0.6 is 0 Å². The molecule has 2 aromatic rings. The molecule has 0 aliphatic rings. The predicted molar refractivity (Wildman–Crippen MR) is 58.7 cm³/mol. The number of benzene rings is 1. The molecule has 0 fully saturated rings. The van der Waals surface area contributed by atoms with Crippen molar-refractivity contribution in [1.29, 1.82) is 0 Å². The smallest absolute Gasteiger partial charge is 0.363 e. The highest BCUT2D eigenvalue weighted by Crippen LogP contribution is 2.18. The number of carbonyl (C=O) groups is 1. The number of carboxylic acid groups (broad SMARTS) is 1. The monoisotopic (exact) mass is 220 g/mol. The number of nitrogens with one attached hydrogen (secondary N) is 1. The van der Waals surface area contributed by atoms with E-state index in [-0.39, 0.29) is 6.42 Å². The minimum atomic E-state index is -1.08. The van der Waals surface area contributed by atoms with Gasteiger partial charge in [0.05, 0.1) is 0 Å². The van der Waals surface area contributed by atoms with E-state index in [4.69, 9.17) is 5.11 Å². The molecule has 0 amide bonds. The molecular formula is C11H12N2O3.